The van der Waals surface area contributed by atoms with E-state index < -0.39 is 0 Å². The molecule has 0 saturated carbocycles. The Labute approximate surface area is 140 Å². The minimum Gasteiger partial charge on any atom is -0.380 e. The van der Waals surface area contributed by atoms with Gasteiger partial charge in [0, 0.05) is 51.1 Å². The van der Waals surface area contributed by atoms with Gasteiger partial charge >= 0.3 is 0 Å². The van der Waals surface area contributed by atoms with Crippen LogP contribution in [0, 0.1) is 5.41 Å². The van der Waals surface area contributed by atoms with Crippen molar-refractivity contribution in [2.24, 2.45) is 5.41 Å². The van der Waals surface area contributed by atoms with Gasteiger partial charge in [0.25, 0.3) is 0 Å². The highest BCUT2D eigenvalue weighted by Crippen LogP contribution is 2.37. The molecule has 1 aromatic heterocycles. The van der Waals surface area contributed by atoms with Crippen molar-refractivity contribution >= 4 is 11.7 Å². The monoisotopic (exact) mass is 330 g/mol. The van der Waals surface area contributed by atoms with Crippen LogP contribution in [0.5, 0.6) is 0 Å². The second-order valence-electron chi connectivity index (χ2n) is 7.09. The largest absolute Gasteiger partial charge is 0.380 e. The lowest BCUT2D eigenvalue weighted by atomic mass is 9.78. The number of carbonyl (C=O) groups is 2. The molecule has 7 nitrogen and oxygen atoms in total. The van der Waals surface area contributed by atoms with E-state index in [4.69, 9.17) is 4.74 Å². The topological polar surface area (TPSA) is 67.7 Å². The average molecular weight is 330 g/mol. The Balaban J connectivity index is 1.29. The van der Waals surface area contributed by atoms with Crippen molar-refractivity contribution < 1.29 is 14.3 Å². The number of carbonyl (C=O) groups excluding carboxylic acids is 2. The molecule has 1 aromatic rings. The van der Waals surface area contributed by atoms with Gasteiger partial charge in [0.2, 0.25) is 5.91 Å². The van der Waals surface area contributed by atoms with Gasteiger partial charge < -0.3 is 14.2 Å². The smallest absolute Gasteiger partial charge is 0.246 e. The third-order valence-corrected chi connectivity index (χ3v) is 5.09. The molecule has 0 unspecified atom stereocenters. The molecule has 3 aliphatic heterocycles. The number of fused-ring (bicyclic) bond motifs is 1. The van der Waals surface area contributed by atoms with Crippen molar-refractivity contribution in [2.45, 2.75) is 20.0 Å². The van der Waals surface area contributed by atoms with Crippen LogP contribution in [0.15, 0.2) is 18.3 Å². The lowest BCUT2D eigenvalue weighted by Crippen LogP contribution is -2.65. The molecular weight excluding hydrogens is 308 g/mol. The molecule has 128 valence electrons. The summed E-state index contributed by atoms with van der Waals surface area (Å²) >= 11 is 0. The molecule has 0 bridgehead atoms. The lowest BCUT2D eigenvalue weighted by molar-refractivity contribution is -0.186. The van der Waals surface area contributed by atoms with Crippen LogP contribution in [0.1, 0.15) is 23.2 Å². The first-order valence-electron chi connectivity index (χ1n) is 8.37. The Hall–Kier alpha value is -1.99. The SMILES string of the molecule is CC(=O)c1cnc2n1CCN(C(=O)/C=C/CN1CC3(COC3)C1)C2. The molecule has 4 heterocycles. The molecule has 4 rings (SSSR count). The minimum absolute atomic E-state index is 0.0100. The van der Waals surface area contributed by atoms with Gasteiger partial charge in [-0.15, -0.1) is 0 Å². The maximum atomic E-state index is 12.3. The van der Waals surface area contributed by atoms with E-state index in [1.165, 1.54) is 0 Å². The summed E-state index contributed by atoms with van der Waals surface area (Å²) in [6, 6.07) is 0. The first-order chi connectivity index (χ1) is 11.6. The number of rotatable bonds is 4. The maximum Gasteiger partial charge on any atom is 0.246 e. The van der Waals surface area contributed by atoms with E-state index >= 15 is 0 Å². The highest BCUT2D eigenvalue weighted by molar-refractivity contribution is 5.92. The number of Topliss-reactive ketones (excluding diaryl/α,β-unsaturated/α-hetero) is 1. The fourth-order valence-corrected chi connectivity index (χ4v) is 3.74. The van der Waals surface area contributed by atoms with Crippen LogP contribution in [0.25, 0.3) is 0 Å². The van der Waals surface area contributed by atoms with Crippen LogP contribution in [0.3, 0.4) is 0 Å². The summed E-state index contributed by atoms with van der Waals surface area (Å²) in [4.78, 5) is 32.3. The summed E-state index contributed by atoms with van der Waals surface area (Å²) in [6.07, 6.45) is 5.20. The zero-order chi connectivity index (χ0) is 16.7. The van der Waals surface area contributed by atoms with Crippen molar-refractivity contribution in [1.29, 1.82) is 0 Å². The fraction of sp³-hybridized carbons (Fsp3) is 0.588. The summed E-state index contributed by atoms with van der Waals surface area (Å²) in [5, 5.41) is 0. The zero-order valence-corrected chi connectivity index (χ0v) is 13.9. The molecule has 3 aliphatic rings. The Bertz CT molecular complexity index is 697. The molecular formula is C17H22N4O3. The second kappa shape index (κ2) is 5.82. The molecule has 0 N–H and O–H groups in total. The summed E-state index contributed by atoms with van der Waals surface area (Å²) < 4.78 is 7.17. The van der Waals surface area contributed by atoms with Crippen LogP contribution >= 0.6 is 0 Å². The van der Waals surface area contributed by atoms with Gasteiger partial charge in [0.1, 0.15) is 11.5 Å². The third-order valence-electron chi connectivity index (χ3n) is 5.09. The number of ether oxygens (including phenoxy) is 1. The number of nitrogens with zero attached hydrogens (tertiary/aromatic N) is 4. The summed E-state index contributed by atoms with van der Waals surface area (Å²) in [5.74, 6) is 0.802. The summed E-state index contributed by atoms with van der Waals surface area (Å²) in [5.41, 5.74) is 1.04. The Morgan fingerprint density at radius 2 is 2.12 bits per heavy atom. The van der Waals surface area contributed by atoms with Gasteiger partial charge in [0.05, 0.1) is 26.0 Å². The van der Waals surface area contributed by atoms with Crippen molar-refractivity contribution in [1.82, 2.24) is 19.4 Å². The molecule has 24 heavy (non-hydrogen) atoms. The van der Waals surface area contributed by atoms with Crippen LogP contribution in [0.2, 0.25) is 0 Å². The van der Waals surface area contributed by atoms with E-state index in [0.717, 1.165) is 38.7 Å². The average Bonchev–Trinajstić information content (AvgIpc) is 2.90. The molecule has 2 fully saturated rings. The van der Waals surface area contributed by atoms with Gasteiger partial charge in [0.15, 0.2) is 5.78 Å². The number of aromatic nitrogens is 2. The number of imidazole rings is 1. The van der Waals surface area contributed by atoms with Gasteiger partial charge in [-0.1, -0.05) is 6.08 Å². The fourth-order valence-electron chi connectivity index (χ4n) is 3.74. The highest BCUT2D eigenvalue weighted by atomic mass is 16.5. The Kier molecular flexibility index (Phi) is 3.77. The summed E-state index contributed by atoms with van der Waals surface area (Å²) in [6.45, 7) is 7.95. The Morgan fingerprint density at radius 1 is 1.33 bits per heavy atom. The van der Waals surface area contributed by atoms with Crippen molar-refractivity contribution in [3.63, 3.8) is 0 Å². The predicted octanol–water partition coefficient (Wildman–Crippen LogP) is 0.316. The molecule has 7 heteroatoms. The lowest BCUT2D eigenvalue weighted by Gasteiger charge is -2.54. The Morgan fingerprint density at radius 3 is 2.79 bits per heavy atom. The standard InChI is InChI=1S/C17H22N4O3/c1-13(22)14-7-18-15-8-20(5-6-21(14)15)16(23)3-2-4-19-9-17(10-19)11-24-12-17/h2-3,7H,4-6,8-12H2,1H3/b3-2+. The van der Waals surface area contributed by atoms with E-state index in [2.05, 4.69) is 9.88 Å². The van der Waals surface area contributed by atoms with E-state index in [-0.39, 0.29) is 11.7 Å². The quantitative estimate of drug-likeness (QED) is 0.587. The predicted molar refractivity (Wildman–Crippen MR) is 86.5 cm³/mol. The number of hydrogen-bond acceptors (Lipinski definition) is 5. The van der Waals surface area contributed by atoms with E-state index in [1.54, 1.807) is 24.1 Å². The van der Waals surface area contributed by atoms with Gasteiger partial charge in [-0.3, -0.25) is 14.5 Å². The van der Waals surface area contributed by atoms with Gasteiger partial charge in [-0.25, -0.2) is 4.98 Å². The molecule has 0 atom stereocenters. The van der Waals surface area contributed by atoms with Crippen molar-refractivity contribution in [2.75, 3.05) is 39.4 Å². The zero-order valence-electron chi connectivity index (χ0n) is 13.9. The van der Waals surface area contributed by atoms with E-state index in [1.807, 2.05) is 10.6 Å². The minimum atomic E-state index is 0.0100. The molecule has 1 amide bonds. The number of likely N-dealkylation sites (tertiary alicyclic amines) is 1. The third kappa shape index (κ3) is 2.67. The number of hydrogen-bond donors (Lipinski definition) is 0. The number of ketones is 1. The van der Waals surface area contributed by atoms with E-state index in [0.29, 0.717) is 30.7 Å². The first kappa shape index (κ1) is 15.5. The van der Waals surface area contributed by atoms with Gasteiger partial charge in [-0.2, -0.15) is 0 Å². The molecule has 0 aliphatic carbocycles. The van der Waals surface area contributed by atoms with Crippen molar-refractivity contribution in [3.8, 4) is 0 Å². The van der Waals surface area contributed by atoms with Crippen LogP contribution < -0.4 is 0 Å². The van der Waals surface area contributed by atoms with Gasteiger partial charge in [-0.05, 0) is 0 Å². The van der Waals surface area contributed by atoms with E-state index in [9.17, 15) is 9.59 Å². The van der Waals surface area contributed by atoms with Crippen LogP contribution in [0.4, 0.5) is 0 Å². The van der Waals surface area contributed by atoms with Crippen LogP contribution in [-0.4, -0.2) is 70.4 Å². The highest BCUT2D eigenvalue weighted by Gasteiger charge is 2.48. The first-order valence-corrected chi connectivity index (χ1v) is 8.37. The molecule has 0 radical (unpaired) electrons. The van der Waals surface area contributed by atoms with Crippen molar-refractivity contribution in [3.05, 3.63) is 29.9 Å². The van der Waals surface area contributed by atoms with Crippen LogP contribution in [-0.2, 0) is 22.6 Å². The second-order valence-corrected chi connectivity index (χ2v) is 7.09. The number of amides is 1. The summed E-state index contributed by atoms with van der Waals surface area (Å²) in [7, 11) is 0. The molecule has 2 saturated heterocycles. The normalized spacial score (nSPS) is 22.3. The molecule has 1 spiro atoms. The maximum absolute atomic E-state index is 12.3. The molecule has 0 aromatic carbocycles.